The van der Waals surface area contributed by atoms with Crippen LogP contribution in [-0.4, -0.2) is 22.4 Å². The number of aromatic amines is 1. The molecule has 8 nitrogen and oxygen atoms in total. The van der Waals surface area contributed by atoms with Gasteiger partial charge in [-0.05, 0) is 36.8 Å². The summed E-state index contributed by atoms with van der Waals surface area (Å²) >= 11 is 0. The quantitative estimate of drug-likeness (QED) is 0.374. The van der Waals surface area contributed by atoms with Crippen molar-refractivity contribution in [3.63, 3.8) is 0 Å². The van der Waals surface area contributed by atoms with Crippen LogP contribution in [0.5, 0.6) is 5.75 Å². The van der Waals surface area contributed by atoms with E-state index in [2.05, 4.69) is 15.3 Å². The van der Waals surface area contributed by atoms with E-state index in [9.17, 15) is 14.0 Å². The maximum absolute atomic E-state index is 14.9. The average molecular weight is 471 g/mol. The van der Waals surface area contributed by atoms with Gasteiger partial charge in [0.1, 0.15) is 35.5 Å². The Morgan fingerprint density at radius 2 is 2.00 bits per heavy atom. The topological polar surface area (TPSA) is 134 Å². The number of nitrogens with zero attached hydrogens (tertiary/aromatic N) is 2. The molecule has 2 heterocycles. The second-order valence-electron chi connectivity index (χ2n) is 7.78. The van der Waals surface area contributed by atoms with E-state index in [1.807, 2.05) is 13.0 Å². The molecule has 1 amide bonds. The van der Waals surface area contributed by atoms with E-state index < -0.39 is 17.3 Å². The van der Waals surface area contributed by atoms with Gasteiger partial charge in [-0.3, -0.25) is 9.59 Å². The SMILES string of the molecule is CCCNC(=O)c1c(N)c2cccc(-c3cc(OCc4cccc(C#N)n4)ccc3F)c2[nH]c1=O. The van der Waals surface area contributed by atoms with Crippen LogP contribution in [0.15, 0.2) is 59.4 Å². The van der Waals surface area contributed by atoms with Gasteiger partial charge in [0, 0.05) is 23.1 Å². The fourth-order valence-corrected chi connectivity index (χ4v) is 3.70. The minimum absolute atomic E-state index is 0.0236. The Kier molecular flexibility index (Phi) is 6.73. The normalized spacial score (nSPS) is 10.7. The van der Waals surface area contributed by atoms with Crippen molar-refractivity contribution < 1.29 is 13.9 Å². The molecule has 0 saturated carbocycles. The van der Waals surface area contributed by atoms with Gasteiger partial charge in [0.2, 0.25) is 0 Å². The summed E-state index contributed by atoms with van der Waals surface area (Å²) in [6, 6.07) is 16.2. The predicted octanol–water partition coefficient (Wildman–Crippen LogP) is 3.90. The number of fused-ring (bicyclic) bond motifs is 1. The van der Waals surface area contributed by atoms with Crippen LogP contribution < -0.4 is 21.3 Å². The lowest BCUT2D eigenvalue weighted by Crippen LogP contribution is -2.31. The summed E-state index contributed by atoms with van der Waals surface area (Å²) in [6.07, 6.45) is 0.707. The third-order valence-electron chi connectivity index (χ3n) is 5.39. The number of nitriles is 1. The van der Waals surface area contributed by atoms with E-state index >= 15 is 0 Å². The molecule has 0 bridgehead atoms. The van der Waals surface area contributed by atoms with E-state index in [1.54, 1.807) is 36.4 Å². The summed E-state index contributed by atoms with van der Waals surface area (Å²) in [7, 11) is 0. The summed E-state index contributed by atoms with van der Waals surface area (Å²) in [4.78, 5) is 32.1. The Labute approximate surface area is 200 Å². The van der Waals surface area contributed by atoms with Crippen LogP contribution in [0.4, 0.5) is 10.1 Å². The van der Waals surface area contributed by atoms with Crippen molar-refractivity contribution in [2.75, 3.05) is 12.3 Å². The van der Waals surface area contributed by atoms with Gasteiger partial charge in [0.15, 0.2) is 0 Å². The zero-order valence-corrected chi connectivity index (χ0v) is 18.9. The molecule has 9 heteroatoms. The number of aromatic nitrogens is 2. The molecule has 4 aromatic rings. The van der Waals surface area contributed by atoms with Crippen LogP contribution in [0.1, 0.15) is 35.1 Å². The smallest absolute Gasteiger partial charge is 0.263 e. The van der Waals surface area contributed by atoms with E-state index in [-0.39, 0.29) is 29.1 Å². The maximum atomic E-state index is 14.9. The molecule has 0 saturated heterocycles. The molecule has 0 aliphatic rings. The molecule has 35 heavy (non-hydrogen) atoms. The minimum Gasteiger partial charge on any atom is -0.487 e. The van der Waals surface area contributed by atoms with Crippen LogP contribution in [0, 0.1) is 17.1 Å². The number of hydrogen-bond donors (Lipinski definition) is 3. The number of H-pyrrole nitrogens is 1. The molecular formula is C26H22FN5O3. The largest absolute Gasteiger partial charge is 0.487 e. The molecule has 4 rings (SSSR count). The highest BCUT2D eigenvalue weighted by Gasteiger charge is 2.20. The number of para-hydroxylation sites is 1. The predicted molar refractivity (Wildman–Crippen MR) is 130 cm³/mol. The third kappa shape index (κ3) is 4.82. The first kappa shape index (κ1) is 23.4. The average Bonchev–Trinajstić information content (AvgIpc) is 2.87. The van der Waals surface area contributed by atoms with Crippen LogP contribution in [0.2, 0.25) is 0 Å². The summed E-state index contributed by atoms with van der Waals surface area (Å²) in [5, 5.41) is 12.1. The van der Waals surface area contributed by atoms with Crippen LogP contribution in [-0.2, 0) is 6.61 Å². The summed E-state index contributed by atoms with van der Waals surface area (Å²) in [5.74, 6) is -0.722. The molecule has 176 valence electrons. The highest BCUT2D eigenvalue weighted by atomic mass is 19.1. The van der Waals surface area contributed by atoms with Gasteiger partial charge < -0.3 is 20.8 Å². The number of ether oxygens (including phenoxy) is 1. The number of benzene rings is 2. The number of pyridine rings is 2. The number of anilines is 1. The Balaban J connectivity index is 1.73. The Hall–Kier alpha value is -4.71. The number of carbonyl (C=O) groups excluding carboxylic acids is 1. The van der Waals surface area contributed by atoms with Crippen molar-refractivity contribution in [3.05, 3.63) is 87.7 Å². The number of rotatable bonds is 7. The van der Waals surface area contributed by atoms with E-state index in [0.29, 0.717) is 40.9 Å². The van der Waals surface area contributed by atoms with Crippen molar-refractivity contribution in [1.29, 1.82) is 5.26 Å². The summed E-state index contributed by atoms with van der Waals surface area (Å²) in [5.41, 5.74) is 7.10. The van der Waals surface area contributed by atoms with E-state index in [4.69, 9.17) is 15.7 Å². The molecule has 0 spiro atoms. The monoisotopic (exact) mass is 471 g/mol. The molecule has 0 radical (unpaired) electrons. The Morgan fingerprint density at radius 1 is 1.20 bits per heavy atom. The van der Waals surface area contributed by atoms with Gasteiger partial charge in [-0.1, -0.05) is 31.2 Å². The highest BCUT2D eigenvalue weighted by molar-refractivity contribution is 6.09. The highest BCUT2D eigenvalue weighted by Crippen LogP contribution is 2.34. The summed E-state index contributed by atoms with van der Waals surface area (Å²) < 4.78 is 20.7. The van der Waals surface area contributed by atoms with Crippen molar-refractivity contribution in [3.8, 4) is 22.9 Å². The number of amides is 1. The van der Waals surface area contributed by atoms with Crippen molar-refractivity contribution in [1.82, 2.24) is 15.3 Å². The fraction of sp³-hybridized carbons (Fsp3) is 0.154. The Bertz CT molecular complexity index is 1520. The lowest BCUT2D eigenvalue weighted by molar-refractivity contribution is 0.0953. The lowest BCUT2D eigenvalue weighted by atomic mass is 9.99. The molecule has 4 N–H and O–H groups in total. The number of halogens is 1. The van der Waals surface area contributed by atoms with Gasteiger partial charge in [-0.25, -0.2) is 9.37 Å². The van der Waals surface area contributed by atoms with Crippen LogP contribution in [0.3, 0.4) is 0 Å². The standard InChI is InChI=1S/C26H22FN5O3/c1-2-11-30-25(33)22-23(29)19-8-4-7-18(24(19)32-26(22)34)20-12-17(9-10-21(20)27)35-14-16-6-3-5-15(13-28)31-16/h3-10,12H,2,11,14H2,1H3,(H,30,33)(H3,29,32,34). The molecule has 0 aliphatic carbocycles. The van der Waals surface area contributed by atoms with Gasteiger partial charge >= 0.3 is 0 Å². The molecule has 2 aromatic carbocycles. The van der Waals surface area contributed by atoms with Crippen LogP contribution in [0.25, 0.3) is 22.0 Å². The van der Waals surface area contributed by atoms with Gasteiger partial charge in [-0.2, -0.15) is 5.26 Å². The number of nitrogens with one attached hydrogen (secondary N) is 2. The van der Waals surface area contributed by atoms with Crippen molar-refractivity contribution >= 4 is 22.5 Å². The first-order valence-electron chi connectivity index (χ1n) is 10.9. The van der Waals surface area contributed by atoms with E-state index in [1.165, 1.54) is 18.2 Å². The van der Waals surface area contributed by atoms with E-state index in [0.717, 1.165) is 0 Å². The van der Waals surface area contributed by atoms with Crippen molar-refractivity contribution in [2.45, 2.75) is 20.0 Å². The minimum atomic E-state index is -0.660. The van der Waals surface area contributed by atoms with Gasteiger partial charge in [0.05, 0.1) is 16.9 Å². The van der Waals surface area contributed by atoms with Crippen LogP contribution >= 0.6 is 0 Å². The molecular weight excluding hydrogens is 449 g/mol. The first-order valence-corrected chi connectivity index (χ1v) is 10.9. The molecule has 0 unspecified atom stereocenters. The number of carbonyl (C=O) groups is 1. The molecule has 0 atom stereocenters. The number of hydrogen-bond acceptors (Lipinski definition) is 6. The fourth-order valence-electron chi connectivity index (χ4n) is 3.70. The second-order valence-corrected chi connectivity index (χ2v) is 7.78. The number of nitrogen functional groups attached to an aromatic ring is 1. The molecule has 2 aromatic heterocycles. The zero-order valence-electron chi connectivity index (χ0n) is 18.9. The van der Waals surface area contributed by atoms with Gasteiger partial charge in [-0.15, -0.1) is 0 Å². The molecule has 0 aliphatic heterocycles. The number of nitrogens with two attached hydrogens (primary N) is 1. The second kappa shape index (κ2) is 10.1. The summed E-state index contributed by atoms with van der Waals surface area (Å²) in [6.45, 7) is 2.38. The zero-order chi connectivity index (χ0) is 24.9. The van der Waals surface area contributed by atoms with Gasteiger partial charge in [0.25, 0.3) is 11.5 Å². The molecule has 0 fully saturated rings. The third-order valence-corrected chi connectivity index (χ3v) is 5.39. The van der Waals surface area contributed by atoms with Crippen molar-refractivity contribution in [2.24, 2.45) is 0 Å². The maximum Gasteiger partial charge on any atom is 0.263 e. The first-order chi connectivity index (χ1) is 16.9. The Morgan fingerprint density at radius 3 is 2.77 bits per heavy atom. The lowest BCUT2D eigenvalue weighted by Gasteiger charge is -2.13.